The molecule has 0 unspecified atom stereocenters. The van der Waals surface area contributed by atoms with Gasteiger partial charge in [-0.25, -0.2) is 0 Å². The summed E-state index contributed by atoms with van der Waals surface area (Å²) in [4.78, 5) is 8.36. The molecule has 32 valence electrons. The Hall–Kier alpha value is 0.509. The van der Waals surface area contributed by atoms with Gasteiger partial charge in [-0.15, -0.1) is 0 Å². The van der Waals surface area contributed by atoms with E-state index < -0.39 is 0 Å². The molecular formula is CH4O2Se2. The summed E-state index contributed by atoms with van der Waals surface area (Å²) in [5.74, 6) is 0. The van der Waals surface area contributed by atoms with Crippen molar-refractivity contribution in [2.24, 2.45) is 0 Å². The molecule has 1 N–H and O–H groups in total. The van der Waals surface area contributed by atoms with Crippen LogP contribution in [0.5, 0.6) is 0 Å². The first-order valence-corrected chi connectivity index (χ1v) is 5.89. The summed E-state index contributed by atoms with van der Waals surface area (Å²) in [5, 5.41) is 6.89. The SMILES string of the molecule is O=CO.[SeH][SeH]. The first-order chi connectivity index (χ1) is 2.41. The Morgan fingerprint density at radius 1 is 1.60 bits per heavy atom. The van der Waals surface area contributed by atoms with E-state index in [0.29, 0.717) is 0 Å². The van der Waals surface area contributed by atoms with Gasteiger partial charge in [0.05, 0.1) is 0 Å². The normalized spacial score (nSPS) is 3.60. The molecule has 0 heterocycles. The van der Waals surface area contributed by atoms with Crippen molar-refractivity contribution in [3.05, 3.63) is 0 Å². The molecule has 0 bridgehead atoms. The van der Waals surface area contributed by atoms with Crippen LogP contribution in [0.2, 0.25) is 0 Å². The number of rotatable bonds is 0. The van der Waals surface area contributed by atoms with Crippen molar-refractivity contribution < 1.29 is 9.90 Å². The summed E-state index contributed by atoms with van der Waals surface area (Å²) < 4.78 is 0. The predicted molar refractivity (Wildman–Crippen MR) is 23.0 cm³/mol. The van der Waals surface area contributed by atoms with Gasteiger partial charge in [0.2, 0.25) is 0 Å². The van der Waals surface area contributed by atoms with Crippen molar-refractivity contribution in [3.63, 3.8) is 0 Å². The summed E-state index contributed by atoms with van der Waals surface area (Å²) in [7, 11) is 0. The Bertz CT molecular complexity index is 15.1. The molecule has 0 saturated carbocycles. The summed E-state index contributed by atoms with van der Waals surface area (Å²) in [6.45, 7) is -0.250. The Labute approximate surface area is 45.1 Å². The van der Waals surface area contributed by atoms with E-state index in [9.17, 15) is 0 Å². The third-order valence-corrected chi connectivity index (χ3v) is 0. The second-order valence-corrected chi connectivity index (χ2v) is 0.105. The number of hydrogen-bond donors (Lipinski definition) is 1. The van der Waals surface area contributed by atoms with Gasteiger partial charge in [0.15, 0.2) is 0 Å². The zero-order valence-corrected chi connectivity index (χ0v) is 6.08. The monoisotopic (exact) mass is 208 g/mol. The third kappa shape index (κ3) is 110. The number of hydrogen-bond acceptors (Lipinski definition) is 1. The van der Waals surface area contributed by atoms with Crippen molar-refractivity contribution in [2.75, 3.05) is 0 Å². The Morgan fingerprint density at radius 3 is 1.60 bits per heavy atom. The van der Waals surface area contributed by atoms with Crippen LogP contribution in [0.1, 0.15) is 0 Å². The molecule has 0 aliphatic heterocycles. The first-order valence-electron chi connectivity index (χ1n) is 0.694. The van der Waals surface area contributed by atoms with Gasteiger partial charge in [-0.1, -0.05) is 0 Å². The number of carbonyl (C=O) groups is 1. The van der Waals surface area contributed by atoms with Crippen molar-refractivity contribution in [2.45, 2.75) is 0 Å². The van der Waals surface area contributed by atoms with E-state index in [2.05, 4.69) is 28.4 Å². The van der Waals surface area contributed by atoms with Gasteiger partial charge in [0.1, 0.15) is 0 Å². The van der Waals surface area contributed by atoms with Gasteiger partial charge in [-0.05, 0) is 0 Å². The molecule has 5 heavy (non-hydrogen) atoms. The fraction of sp³-hybridized carbons (Fsp3) is 0. The summed E-state index contributed by atoms with van der Waals surface area (Å²) in [6, 6.07) is 0. The van der Waals surface area contributed by atoms with E-state index in [1.807, 2.05) is 0 Å². The molecule has 0 radical (unpaired) electrons. The van der Waals surface area contributed by atoms with E-state index in [0.717, 1.165) is 0 Å². The molecule has 0 rings (SSSR count). The van der Waals surface area contributed by atoms with E-state index in [1.165, 1.54) is 0 Å². The molecule has 0 fully saturated rings. The van der Waals surface area contributed by atoms with Crippen LogP contribution in [0.3, 0.4) is 0 Å². The van der Waals surface area contributed by atoms with E-state index in [4.69, 9.17) is 9.90 Å². The Morgan fingerprint density at radius 2 is 1.60 bits per heavy atom. The molecule has 4 heteroatoms. The molecule has 2 nitrogen and oxygen atoms in total. The first kappa shape index (κ1) is 9.10. The summed E-state index contributed by atoms with van der Waals surface area (Å²) in [5.41, 5.74) is 0. The molecule has 0 aromatic rings. The van der Waals surface area contributed by atoms with Crippen molar-refractivity contribution in [1.29, 1.82) is 0 Å². The minimum atomic E-state index is -0.250. The van der Waals surface area contributed by atoms with E-state index >= 15 is 0 Å². The zero-order chi connectivity index (χ0) is 4.71. The Kier molecular flexibility index (Phi) is 44.4. The van der Waals surface area contributed by atoms with Crippen molar-refractivity contribution >= 4 is 34.8 Å². The molecule has 0 atom stereocenters. The average Bonchev–Trinajstić information content (AvgIpc) is 1.46. The van der Waals surface area contributed by atoms with Crippen LogP contribution in [0.4, 0.5) is 0 Å². The van der Waals surface area contributed by atoms with Crippen molar-refractivity contribution in [1.82, 2.24) is 0 Å². The average molecular weight is 206 g/mol. The maximum absolute atomic E-state index is 8.36. The van der Waals surface area contributed by atoms with Gasteiger partial charge in [0, 0.05) is 0 Å². The fourth-order valence-electron chi connectivity index (χ4n) is 0. The quantitative estimate of drug-likeness (QED) is 0.383. The summed E-state index contributed by atoms with van der Waals surface area (Å²) >= 11 is 4.50. The molecular weight excluding hydrogens is 202 g/mol. The summed E-state index contributed by atoms with van der Waals surface area (Å²) in [6.07, 6.45) is 0. The molecule has 0 aliphatic rings. The molecule has 0 spiro atoms. The van der Waals surface area contributed by atoms with Crippen LogP contribution in [-0.4, -0.2) is 40.0 Å². The molecule has 0 aromatic carbocycles. The van der Waals surface area contributed by atoms with Crippen molar-refractivity contribution in [3.8, 4) is 0 Å². The van der Waals surface area contributed by atoms with Gasteiger partial charge in [0.25, 0.3) is 6.47 Å². The van der Waals surface area contributed by atoms with Crippen LogP contribution in [0.25, 0.3) is 0 Å². The van der Waals surface area contributed by atoms with Crippen LogP contribution < -0.4 is 0 Å². The van der Waals surface area contributed by atoms with Gasteiger partial charge < -0.3 is 5.11 Å². The second-order valence-electron chi connectivity index (χ2n) is 0.105. The minimum absolute atomic E-state index is 0.250. The van der Waals surface area contributed by atoms with Crippen LogP contribution in [0.15, 0.2) is 0 Å². The predicted octanol–water partition coefficient (Wildman–Crippen LogP) is -1.60. The second kappa shape index (κ2) is 24.4. The van der Waals surface area contributed by atoms with Crippen LogP contribution in [0, 0.1) is 0 Å². The van der Waals surface area contributed by atoms with Gasteiger partial charge >= 0.3 is 28.4 Å². The van der Waals surface area contributed by atoms with Gasteiger partial charge in [-0.2, -0.15) is 0 Å². The third-order valence-electron chi connectivity index (χ3n) is 0. The number of carboxylic acid groups (broad SMARTS) is 1. The van der Waals surface area contributed by atoms with E-state index in [-0.39, 0.29) is 6.47 Å². The maximum atomic E-state index is 8.36. The molecule has 0 amide bonds. The van der Waals surface area contributed by atoms with E-state index in [1.54, 1.807) is 0 Å². The standard InChI is InChI=1S/CH2O2.H2Se2/c2-1-3;1-2/h1H,(H,2,3);1-2H. The van der Waals surface area contributed by atoms with Crippen LogP contribution in [-0.2, 0) is 4.79 Å². The zero-order valence-electron chi connectivity index (χ0n) is 2.33. The Balaban J connectivity index is 0. The van der Waals surface area contributed by atoms with Gasteiger partial charge in [-0.3, -0.25) is 4.79 Å². The molecule has 0 aromatic heterocycles. The molecule has 0 aliphatic carbocycles. The fourth-order valence-corrected chi connectivity index (χ4v) is 0. The topological polar surface area (TPSA) is 37.3 Å². The van der Waals surface area contributed by atoms with Crippen LogP contribution >= 0.6 is 0 Å². The molecule has 0 saturated heterocycles.